The molecule has 1 aromatic carbocycles. The second-order valence-electron chi connectivity index (χ2n) is 6.44. The molecule has 1 fully saturated rings. The van der Waals surface area contributed by atoms with Crippen molar-refractivity contribution in [3.63, 3.8) is 0 Å². The minimum atomic E-state index is -0.138. The standard InChI is InChI=1S/C17H15ClN6O2/c1-22-16-15(24-7-13(20-21-24)10-4-5-26-8-10)19-9-23(16)14-3-2-11(18)6-12(14)17(22)25/h2-3,6-7,9-10H,4-5,8H2,1H3. The summed E-state index contributed by atoms with van der Waals surface area (Å²) in [6.07, 6.45) is 4.48. The molecule has 0 bridgehead atoms. The quantitative estimate of drug-likeness (QED) is 0.538. The average molecular weight is 371 g/mol. The molecule has 1 unspecified atom stereocenters. The van der Waals surface area contributed by atoms with Gasteiger partial charge in [0.25, 0.3) is 5.56 Å². The number of rotatable bonds is 2. The Morgan fingerprint density at radius 1 is 1.35 bits per heavy atom. The van der Waals surface area contributed by atoms with Crippen LogP contribution in [0.15, 0.2) is 35.5 Å². The van der Waals surface area contributed by atoms with E-state index in [-0.39, 0.29) is 11.5 Å². The molecule has 4 heterocycles. The van der Waals surface area contributed by atoms with Crippen molar-refractivity contribution >= 4 is 28.2 Å². The molecule has 0 saturated carbocycles. The van der Waals surface area contributed by atoms with E-state index in [0.29, 0.717) is 28.5 Å². The van der Waals surface area contributed by atoms with Gasteiger partial charge >= 0.3 is 0 Å². The SMILES string of the molecule is Cn1c(=O)c2cc(Cl)ccc2n2cnc(-n3cc(C4CCOC4)nn3)c12. The zero-order chi connectivity index (χ0) is 17.8. The fourth-order valence-corrected chi connectivity index (χ4v) is 3.66. The second-order valence-corrected chi connectivity index (χ2v) is 6.87. The van der Waals surface area contributed by atoms with Crippen LogP contribution in [-0.2, 0) is 11.8 Å². The molecule has 5 rings (SSSR count). The van der Waals surface area contributed by atoms with Gasteiger partial charge < -0.3 is 4.74 Å². The summed E-state index contributed by atoms with van der Waals surface area (Å²) >= 11 is 6.05. The van der Waals surface area contributed by atoms with Crippen LogP contribution in [0.1, 0.15) is 18.0 Å². The van der Waals surface area contributed by atoms with Crippen LogP contribution < -0.4 is 5.56 Å². The second kappa shape index (κ2) is 5.65. The molecule has 1 aliphatic rings. The maximum absolute atomic E-state index is 12.8. The third-order valence-corrected chi connectivity index (χ3v) is 5.11. The Kier molecular flexibility index (Phi) is 3.38. The summed E-state index contributed by atoms with van der Waals surface area (Å²) in [6.45, 7) is 1.40. The van der Waals surface area contributed by atoms with Gasteiger partial charge in [-0.3, -0.25) is 13.8 Å². The van der Waals surface area contributed by atoms with Crippen molar-refractivity contribution in [3.8, 4) is 5.82 Å². The first-order chi connectivity index (χ1) is 12.6. The number of hydrogen-bond acceptors (Lipinski definition) is 5. The Morgan fingerprint density at radius 2 is 2.23 bits per heavy atom. The smallest absolute Gasteiger partial charge is 0.261 e. The molecule has 3 aromatic heterocycles. The van der Waals surface area contributed by atoms with Crippen LogP contribution in [0.5, 0.6) is 0 Å². The fraction of sp³-hybridized carbons (Fsp3) is 0.294. The molecule has 26 heavy (non-hydrogen) atoms. The highest BCUT2D eigenvalue weighted by atomic mass is 35.5. The van der Waals surface area contributed by atoms with E-state index in [0.717, 1.165) is 24.2 Å². The van der Waals surface area contributed by atoms with E-state index >= 15 is 0 Å². The highest BCUT2D eigenvalue weighted by Crippen LogP contribution is 2.25. The number of imidazole rings is 1. The summed E-state index contributed by atoms with van der Waals surface area (Å²) in [7, 11) is 1.71. The minimum absolute atomic E-state index is 0.138. The summed E-state index contributed by atoms with van der Waals surface area (Å²) in [5, 5.41) is 9.55. The lowest BCUT2D eigenvalue weighted by Crippen LogP contribution is -2.20. The van der Waals surface area contributed by atoms with E-state index in [1.807, 2.05) is 16.7 Å². The molecule has 0 spiro atoms. The molecule has 1 saturated heterocycles. The largest absolute Gasteiger partial charge is 0.381 e. The molecular weight excluding hydrogens is 356 g/mol. The van der Waals surface area contributed by atoms with Crippen molar-refractivity contribution in [2.45, 2.75) is 12.3 Å². The van der Waals surface area contributed by atoms with Crippen molar-refractivity contribution < 1.29 is 4.74 Å². The number of aryl methyl sites for hydroxylation is 1. The van der Waals surface area contributed by atoms with Gasteiger partial charge in [0.2, 0.25) is 0 Å². The normalized spacial score (nSPS) is 17.5. The average Bonchev–Trinajstić information content (AvgIpc) is 3.38. The number of halogens is 1. The van der Waals surface area contributed by atoms with E-state index in [1.165, 1.54) is 0 Å². The zero-order valence-electron chi connectivity index (χ0n) is 14.0. The van der Waals surface area contributed by atoms with E-state index in [2.05, 4.69) is 15.3 Å². The maximum atomic E-state index is 12.8. The van der Waals surface area contributed by atoms with Crippen molar-refractivity contribution in [1.82, 2.24) is 28.9 Å². The first-order valence-electron chi connectivity index (χ1n) is 8.29. The number of fused-ring (bicyclic) bond motifs is 3. The van der Waals surface area contributed by atoms with Gasteiger partial charge in [-0.15, -0.1) is 5.10 Å². The monoisotopic (exact) mass is 370 g/mol. The molecule has 4 aromatic rings. The van der Waals surface area contributed by atoms with E-state index in [9.17, 15) is 4.79 Å². The van der Waals surface area contributed by atoms with E-state index in [1.54, 1.807) is 34.8 Å². The molecular formula is C17H15ClN6O2. The van der Waals surface area contributed by atoms with Crippen LogP contribution in [0, 0.1) is 0 Å². The van der Waals surface area contributed by atoms with Gasteiger partial charge in [-0.1, -0.05) is 16.8 Å². The molecule has 0 radical (unpaired) electrons. The topological polar surface area (TPSA) is 79.2 Å². The van der Waals surface area contributed by atoms with Crippen molar-refractivity contribution in [3.05, 3.63) is 51.8 Å². The Balaban J connectivity index is 1.74. The van der Waals surface area contributed by atoms with Crippen LogP contribution in [0.4, 0.5) is 0 Å². The zero-order valence-corrected chi connectivity index (χ0v) is 14.7. The molecule has 0 amide bonds. The highest BCUT2D eigenvalue weighted by molar-refractivity contribution is 6.31. The lowest BCUT2D eigenvalue weighted by atomic mass is 10.1. The van der Waals surface area contributed by atoms with Crippen molar-refractivity contribution in [2.24, 2.45) is 7.05 Å². The van der Waals surface area contributed by atoms with Crippen LogP contribution in [-0.4, -0.2) is 42.2 Å². The van der Waals surface area contributed by atoms with Gasteiger partial charge in [0, 0.05) is 24.6 Å². The molecule has 1 aliphatic heterocycles. The predicted octanol–water partition coefficient (Wildman–Crippen LogP) is 1.92. The number of benzene rings is 1. The molecule has 9 heteroatoms. The summed E-state index contributed by atoms with van der Waals surface area (Å²) in [6, 6.07) is 5.25. The van der Waals surface area contributed by atoms with Gasteiger partial charge in [-0.05, 0) is 24.6 Å². The van der Waals surface area contributed by atoms with E-state index < -0.39 is 0 Å². The number of nitrogens with zero attached hydrogens (tertiary/aromatic N) is 6. The lowest BCUT2D eigenvalue weighted by molar-refractivity contribution is 0.193. The summed E-state index contributed by atoms with van der Waals surface area (Å²) < 4.78 is 10.5. The fourth-order valence-electron chi connectivity index (χ4n) is 3.48. The molecule has 8 nitrogen and oxygen atoms in total. The summed E-state index contributed by atoms with van der Waals surface area (Å²) in [5.74, 6) is 0.809. The number of ether oxygens (including phenoxy) is 1. The number of hydrogen-bond donors (Lipinski definition) is 0. The molecule has 132 valence electrons. The molecule has 1 atom stereocenters. The summed E-state index contributed by atoms with van der Waals surface area (Å²) in [5.41, 5.74) is 2.13. The first kappa shape index (κ1) is 15.5. The van der Waals surface area contributed by atoms with Gasteiger partial charge in [0.1, 0.15) is 6.33 Å². The molecule has 0 aliphatic carbocycles. The van der Waals surface area contributed by atoms with Crippen molar-refractivity contribution in [2.75, 3.05) is 13.2 Å². The Labute approximate surface area is 152 Å². The first-order valence-corrected chi connectivity index (χ1v) is 8.67. The van der Waals surface area contributed by atoms with Crippen LogP contribution in [0.2, 0.25) is 5.02 Å². The molecule has 0 N–H and O–H groups in total. The van der Waals surface area contributed by atoms with Gasteiger partial charge in [0.15, 0.2) is 11.5 Å². The van der Waals surface area contributed by atoms with Gasteiger partial charge in [-0.2, -0.15) is 4.68 Å². The minimum Gasteiger partial charge on any atom is -0.381 e. The lowest BCUT2D eigenvalue weighted by Gasteiger charge is -2.08. The van der Waals surface area contributed by atoms with Crippen molar-refractivity contribution in [1.29, 1.82) is 0 Å². The Bertz CT molecular complexity index is 1200. The maximum Gasteiger partial charge on any atom is 0.261 e. The van der Waals surface area contributed by atoms with Crippen LogP contribution in [0.25, 0.3) is 22.4 Å². The van der Waals surface area contributed by atoms with Gasteiger partial charge in [0.05, 0.1) is 29.4 Å². The predicted molar refractivity (Wildman–Crippen MR) is 96.0 cm³/mol. The summed E-state index contributed by atoms with van der Waals surface area (Å²) in [4.78, 5) is 17.3. The third kappa shape index (κ3) is 2.19. The van der Waals surface area contributed by atoms with Crippen LogP contribution >= 0.6 is 11.6 Å². The number of aromatic nitrogens is 6. The van der Waals surface area contributed by atoms with E-state index in [4.69, 9.17) is 16.3 Å². The van der Waals surface area contributed by atoms with Gasteiger partial charge in [-0.25, -0.2) is 4.98 Å². The Morgan fingerprint density at radius 3 is 3.04 bits per heavy atom. The Hall–Kier alpha value is -2.71. The van der Waals surface area contributed by atoms with Crippen LogP contribution in [0.3, 0.4) is 0 Å². The third-order valence-electron chi connectivity index (χ3n) is 4.87. The highest BCUT2D eigenvalue weighted by Gasteiger charge is 2.22.